The number of carbonyl (C=O) groups excluding carboxylic acids is 2. The maximum Gasteiger partial charge on any atom is 0.254 e. The third-order valence-electron chi connectivity index (χ3n) is 5.90. The lowest BCUT2D eigenvalue weighted by Gasteiger charge is -2.35. The topological polar surface area (TPSA) is 40.6 Å². The average Bonchev–Trinajstić information content (AvgIpc) is 3.24. The van der Waals surface area contributed by atoms with E-state index < -0.39 is 0 Å². The van der Waals surface area contributed by atoms with Gasteiger partial charge in [0.25, 0.3) is 5.91 Å². The van der Waals surface area contributed by atoms with Gasteiger partial charge in [0.2, 0.25) is 5.91 Å². The fourth-order valence-corrected chi connectivity index (χ4v) is 4.38. The number of hydrogen-bond donors (Lipinski definition) is 0. The van der Waals surface area contributed by atoms with Crippen LogP contribution >= 0.6 is 0 Å². The molecule has 2 saturated heterocycles. The Morgan fingerprint density at radius 1 is 0.778 bits per heavy atom. The molecule has 0 N–H and O–H groups in total. The first kappa shape index (κ1) is 17.8. The van der Waals surface area contributed by atoms with Crippen molar-refractivity contribution in [3.63, 3.8) is 0 Å². The molecule has 140 valence electrons. The van der Waals surface area contributed by atoms with E-state index >= 15 is 0 Å². The molecule has 2 aromatic carbocycles. The van der Waals surface area contributed by atoms with Gasteiger partial charge in [0.1, 0.15) is 6.04 Å². The number of likely N-dealkylation sites (tertiary alicyclic amines) is 2. The molecule has 2 aliphatic rings. The molecule has 0 aliphatic carbocycles. The van der Waals surface area contributed by atoms with E-state index in [1.54, 1.807) is 4.90 Å². The summed E-state index contributed by atoms with van der Waals surface area (Å²) in [6.45, 7) is 2.23. The second kappa shape index (κ2) is 7.95. The largest absolute Gasteiger partial charge is 0.341 e. The molecule has 2 amide bonds. The van der Waals surface area contributed by atoms with Gasteiger partial charge in [-0.25, -0.2) is 0 Å². The summed E-state index contributed by atoms with van der Waals surface area (Å²) in [5, 5.41) is 0. The first-order valence-electron chi connectivity index (χ1n) is 9.94. The van der Waals surface area contributed by atoms with E-state index in [0.717, 1.165) is 38.8 Å². The quantitative estimate of drug-likeness (QED) is 0.835. The molecule has 4 heteroatoms. The molecular weight excluding hydrogens is 336 g/mol. The number of rotatable bonds is 3. The lowest BCUT2D eigenvalue weighted by Crippen LogP contribution is -2.49. The van der Waals surface area contributed by atoms with Gasteiger partial charge in [-0.2, -0.15) is 0 Å². The van der Waals surface area contributed by atoms with Gasteiger partial charge in [-0.3, -0.25) is 9.59 Å². The van der Waals surface area contributed by atoms with Crippen LogP contribution in [0.25, 0.3) is 0 Å². The van der Waals surface area contributed by atoms with Crippen molar-refractivity contribution in [2.75, 3.05) is 19.6 Å². The summed E-state index contributed by atoms with van der Waals surface area (Å²) < 4.78 is 0. The average molecular weight is 362 g/mol. The Kier molecular flexibility index (Phi) is 5.23. The molecule has 2 aromatic rings. The fourth-order valence-electron chi connectivity index (χ4n) is 4.38. The van der Waals surface area contributed by atoms with E-state index in [1.807, 2.05) is 41.3 Å². The third-order valence-corrected chi connectivity index (χ3v) is 5.90. The molecule has 0 bridgehead atoms. The van der Waals surface area contributed by atoms with E-state index in [4.69, 9.17) is 0 Å². The number of nitrogens with zero attached hydrogens (tertiary/aromatic N) is 2. The summed E-state index contributed by atoms with van der Waals surface area (Å²) in [7, 11) is 0. The highest BCUT2D eigenvalue weighted by molar-refractivity contribution is 5.98. The molecule has 1 unspecified atom stereocenters. The molecular formula is C23H26N2O2. The summed E-state index contributed by atoms with van der Waals surface area (Å²) in [5.74, 6) is 0.634. The van der Waals surface area contributed by atoms with E-state index in [0.29, 0.717) is 18.0 Å². The molecule has 2 aliphatic heterocycles. The third kappa shape index (κ3) is 3.75. The molecule has 4 rings (SSSR count). The smallest absolute Gasteiger partial charge is 0.254 e. The van der Waals surface area contributed by atoms with Crippen LogP contribution in [0.4, 0.5) is 0 Å². The zero-order valence-electron chi connectivity index (χ0n) is 15.6. The molecule has 0 radical (unpaired) electrons. The Morgan fingerprint density at radius 3 is 2.07 bits per heavy atom. The zero-order chi connectivity index (χ0) is 18.6. The normalized spacial score (nSPS) is 20.7. The molecule has 4 nitrogen and oxygen atoms in total. The Morgan fingerprint density at radius 2 is 1.41 bits per heavy atom. The Labute approximate surface area is 160 Å². The van der Waals surface area contributed by atoms with E-state index in [-0.39, 0.29) is 17.9 Å². The first-order chi connectivity index (χ1) is 13.2. The van der Waals surface area contributed by atoms with Crippen LogP contribution in [0.1, 0.15) is 47.5 Å². The van der Waals surface area contributed by atoms with Crippen molar-refractivity contribution in [2.24, 2.45) is 0 Å². The minimum absolute atomic E-state index is 0.0226. The Balaban J connectivity index is 1.40. The van der Waals surface area contributed by atoms with Crippen molar-refractivity contribution in [1.82, 2.24) is 9.80 Å². The number of piperidine rings is 1. The van der Waals surface area contributed by atoms with E-state index in [2.05, 4.69) is 24.3 Å². The molecule has 0 spiro atoms. The molecule has 1 atom stereocenters. The Bertz CT molecular complexity index is 783. The van der Waals surface area contributed by atoms with Crippen molar-refractivity contribution >= 4 is 11.8 Å². The maximum atomic E-state index is 13.1. The SMILES string of the molecule is O=C(C1CCCN1C(=O)c1ccccc1)N1CCC(c2ccccc2)CC1. The number of amides is 2. The van der Waals surface area contributed by atoms with Gasteiger partial charge in [0.15, 0.2) is 0 Å². The van der Waals surface area contributed by atoms with Crippen molar-refractivity contribution in [3.8, 4) is 0 Å². The van der Waals surface area contributed by atoms with Crippen LogP contribution in [0.3, 0.4) is 0 Å². The van der Waals surface area contributed by atoms with Crippen LogP contribution in [0.5, 0.6) is 0 Å². The van der Waals surface area contributed by atoms with Crippen LogP contribution < -0.4 is 0 Å². The fraction of sp³-hybridized carbons (Fsp3) is 0.391. The first-order valence-corrected chi connectivity index (χ1v) is 9.94. The highest BCUT2D eigenvalue weighted by Gasteiger charge is 2.37. The van der Waals surface area contributed by atoms with Gasteiger partial charge in [0, 0.05) is 25.2 Å². The highest BCUT2D eigenvalue weighted by Crippen LogP contribution is 2.29. The second-order valence-electron chi connectivity index (χ2n) is 7.53. The van der Waals surface area contributed by atoms with Crippen LogP contribution in [0, 0.1) is 0 Å². The van der Waals surface area contributed by atoms with E-state index in [9.17, 15) is 9.59 Å². The van der Waals surface area contributed by atoms with Crippen LogP contribution in [-0.4, -0.2) is 47.3 Å². The van der Waals surface area contributed by atoms with Gasteiger partial charge in [-0.15, -0.1) is 0 Å². The monoisotopic (exact) mass is 362 g/mol. The number of carbonyl (C=O) groups is 2. The lowest BCUT2D eigenvalue weighted by molar-refractivity contribution is -0.136. The van der Waals surface area contributed by atoms with Gasteiger partial charge in [0.05, 0.1) is 0 Å². The lowest BCUT2D eigenvalue weighted by atomic mass is 9.89. The molecule has 0 aromatic heterocycles. The van der Waals surface area contributed by atoms with Crippen molar-refractivity contribution in [3.05, 3.63) is 71.8 Å². The summed E-state index contributed by atoms with van der Waals surface area (Å²) in [4.78, 5) is 29.7. The standard InChI is InChI=1S/C23H26N2O2/c26-22(20-10-5-2-6-11-20)25-15-7-12-21(25)23(27)24-16-13-19(14-17-24)18-8-3-1-4-9-18/h1-6,8-11,19,21H,7,12-17H2. The van der Waals surface area contributed by atoms with Crippen molar-refractivity contribution in [1.29, 1.82) is 0 Å². The summed E-state index contributed by atoms with van der Waals surface area (Å²) >= 11 is 0. The minimum atomic E-state index is -0.300. The summed E-state index contributed by atoms with van der Waals surface area (Å²) in [5.41, 5.74) is 2.03. The summed E-state index contributed by atoms with van der Waals surface area (Å²) in [6.07, 6.45) is 3.66. The molecule has 2 fully saturated rings. The summed E-state index contributed by atoms with van der Waals surface area (Å²) in [6, 6.07) is 19.6. The van der Waals surface area contributed by atoms with Gasteiger partial charge in [-0.05, 0) is 49.3 Å². The van der Waals surface area contributed by atoms with Crippen LogP contribution in [-0.2, 0) is 4.79 Å². The zero-order valence-corrected chi connectivity index (χ0v) is 15.6. The predicted octanol–water partition coefficient (Wildman–Crippen LogP) is 3.70. The van der Waals surface area contributed by atoms with E-state index in [1.165, 1.54) is 5.56 Å². The minimum Gasteiger partial charge on any atom is -0.341 e. The van der Waals surface area contributed by atoms with Crippen molar-refractivity contribution in [2.45, 2.75) is 37.6 Å². The van der Waals surface area contributed by atoms with Crippen LogP contribution in [0.15, 0.2) is 60.7 Å². The van der Waals surface area contributed by atoms with Gasteiger partial charge >= 0.3 is 0 Å². The maximum absolute atomic E-state index is 13.1. The Hall–Kier alpha value is -2.62. The van der Waals surface area contributed by atoms with Crippen LogP contribution in [0.2, 0.25) is 0 Å². The molecule has 27 heavy (non-hydrogen) atoms. The molecule has 0 saturated carbocycles. The predicted molar refractivity (Wildman–Crippen MR) is 105 cm³/mol. The highest BCUT2D eigenvalue weighted by atomic mass is 16.2. The second-order valence-corrected chi connectivity index (χ2v) is 7.53. The van der Waals surface area contributed by atoms with Gasteiger partial charge < -0.3 is 9.80 Å². The number of benzene rings is 2. The van der Waals surface area contributed by atoms with Gasteiger partial charge in [-0.1, -0.05) is 48.5 Å². The number of hydrogen-bond acceptors (Lipinski definition) is 2. The van der Waals surface area contributed by atoms with Crippen molar-refractivity contribution < 1.29 is 9.59 Å². The molecule has 2 heterocycles.